The maximum atomic E-state index is 14.0. The topological polar surface area (TPSA) is 79.4 Å². The van der Waals surface area contributed by atoms with Crippen molar-refractivity contribution in [1.29, 1.82) is 0 Å². The number of nitrogens with zero attached hydrogens (tertiary/aromatic N) is 2. The quantitative estimate of drug-likeness (QED) is 0.578. The van der Waals surface area contributed by atoms with Crippen molar-refractivity contribution in [3.8, 4) is 11.3 Å². The van der Waals surface area contributed by atoms with Crippen LogP contribution >= 0.6 is 22.9 Å². The normalized spacial score (nSPS) is 15.7. The van der Waals surface area contributed by atoms with E-state index in [9.17, 15) is 17.6 Å². The van der Waals surface area contributed by atoms with Crippen LogP contribution in [0.25, 0.3) is 11.3 Å². The lowest BCUT2D eigenvalue weighted by Crippen LogP contribution is -2.41. The highest BCUT2D eigenvalue weighted by Crippen LogP contribution is 2.31. The van der Waals surface area contributed by atoms with Crippen molar-refractivity contribution in [2.45, 2.75) is 17.7 Å². The highest BCUT2D eigenvalue weighted by molar-refractivity contribution is 7.89. The zero-order valence-electron chi connectivity index (χ0n) is 16.3. The maximum Gasteiger partial charge on any atom is 0.245 e. The average Bonchev–Trinajstić information content (AvgIpc) is 3.22. The molecule has 4 rings (SSSR count). The maximum absolute atomic E-state index is 14.0. The summed E-state index contributed by atoms with van der Waals surface area (Å²) in [7, 11) is -3.93. The molecule has 0 saturated carbocycles. The van der Waals surface area contributed by atoms with Gasteiger partial charge in [-0.2, -0.15) is 4.31 Å². The van der Waals surface area contributed by atoms with Gasteiger partial charge in [-0.25, -0.2) is 17.8 Å². The number of halogens is 2. The molecule has 0 radical (unpaired) electrons. The molecule has 0 atom stereocenters. The van der Waals surface area contributed by atoms with Gasteiger partial charge in [-0.15, -0.1) is 11.3 Å². The van der Waals surface area contributed by atoms with Crippen molar-refractivity contribution in [3.63, 3.8) is 0 Å². The predicted octanol–water partition coefficient (Wildman–Crippen LogP) is 4.64. The summed E-state index contributed by atoms with van der Waals surface area (Å²) in [5.41, 5.74) is 1.46. The number of benzene rings is 2. The van der Waals surface area contributed by atoms with Crippen LogP contribution in [0.1, 0.15) is 12.8 Å². The number of carbonyl (C=O) groups excluding carboxylic acids is 1. The Morgan fingerprint density at radius 1 is 1.13 bits per heavy atom. The standard InChI is InChI=1S/C21H19ClFN3O3S2/c22-16-6-2-1-5-15(16)18-13-30-21(24-18)25-20(27)14-9-11-26(12-10-14)31(28,29)19-8-4-3-7-17(19)23/h1-8,13-14H,9-12H2,(H,24,25,27). The van der Waals surface area contributed by atoms with E-state index in [1.807, 2.05) is 23.6 Å². The third-order valence-corrected chi connectivity index (χ3v) is 8.18. The summed E-state index contributed by atoms with van der Waals surface area (Å²) in [5, 5.41) is 5.67. The Bertz CT molecular complexity index is 1210. The van der Waals surface area contributed by atoms with Crippen molar-refractivity contribution in [1.82, 2.24) is 9.29 Å². The molecule has 0 aliphatic carbocycles. The van der Waals surface area contributed by atoms with Crippen molar-refractivity contribution in [2.75, 3.05) is 18.4 Å². The predicted molar refractivity (Wildman–Crippen MR) is 119 cm³/mol. The van der Waals surface area contributed by atoms with Gasteiger partial charge in [0.1, 0.15) is 10.7 Å². The Labute approximate surface area is 188 Å². The van der Waals surface area contributed by atoms with Gasteiger partial charge in [0.25, 0.3) is 0 Å². The Morgan fingerprint density at radius 3 is 2.52 bits per heavy atom. The van der Waals surface area contributed by atoms with Crippen LogP contribution in [0, 0.1) is 11.7 Å². The number of hydrogen-bond donors (Lipinski definition) is 1. The van der Waals surface area contributed by atoms with Gasteiger partial charge < -0.3 is 5.32 Å². The van der Waals surface area contributed by atoms with Crippen LogP contribution in [0.4, 0.5) is 9.52 Å². The fourth-order valence-corrected chi connectivity index (χ4v) is 5.96. The van der Waals surface area contributed by atoms with Crippen LogP contribution < -0.4 is 5.32 Å². The molecular weight excluding hydrogens is 461 g/mol. The molecule has 1 saturated heterocycles. The van der Waals surface area contributed by atoms with E-state index >= 15 is 0 Å². The molecule has 1 aliphatic rings. The Kier molecular flexibility index (Phi) is 6.38. The number of amides is 1. The first kappa shape index (κ1) is 21.9. The number of anilines is 1. The summed E-state index contributed by atoms with van der Waals surface area (Å²) in [5.74, 6) is -1.33. The lowest BCUT2D eigenvalue weighted by Gasteiger charge is -2.30. The number of aromatic nitrogens is 1. The molecule has 31 heavy (non-hydrogen) atoms. The van der Waals surface area contributed by atoms with Crippen molar-refractivity contribution < 1.29 is 17.6 Å². The molecule has 1 N–H and O–H groups in total. The molecule has 1 fully saturated rings. The first-order chi connectivity index (χ1) is 14.9. The molecule has 10 heteroatoms. The van der Waals surface area contributed by atoms with Crippen LogP contribution in [0.3, 0.4) is 0 Å². The zero-order valence-corrected chi connectivity index (χ0v) is 18.7. The summed E-state index contributed by atoms with van der Waals surface area (Å²) in [6.07, 6.45) is 0.699. The van der Waals surface area contributed by atoms with E-state index in [0.29, 0.717) is 28.7 Å². The third-order valence-electron chi connectivity index (χ3n) is 5.16. The largest absolute Gasteiger partial charge is 0.302 e. The van der Waals surface area contributed by atoms with E-state index in [1.54, 1.807) is 6.07 Å². The molecule has 0 bridgehead atoms. The lowest BCUT2D eigenvalue weighted by molar-refractivity contribution is -0.120. The minimum absolute atomic E-state index is 0.150. The number of piperidine rings is 1. The van der Waals surface area contributed by atoms with E-state index in [-0.39, 0.29) is 29.8 Å². The fraction of sp³-hybridized carbons (Fsp3) is 0.238. The number of thiazole rings is 1. The van der Waals surface area contributed by atoms with Crippen molar-refractivity contribution in [2.24, 2.45) is 5.92 Å². The highest BCUT2D eigenvalue weighted by atomic mass is 35.5. The van der Waals surface area contributed by atoms with Gasteiger partial charge in [-0.05, 0) is 31.0 Å². The molecule has 1 aromatic heterocycles. The Balaban J connectivity index is 1.38. The number of sulfonamides is 1. The molecule has 1 aliphatic heterocycles. The monoisotopic (exact) mass is 479 g/mol. The Hall–Kier alpha value is -2.33. The van der Waals surface area contributed by atoms with E-state index in [2.05, 4.69) is 10.3 Å². The van der Waals surface area contributed by atoms with Gasteiger partial charge in [0.05, 0.1) is 5.69 Å². The molecule has 0 spiro atoms. The van der Waals surface area contributed by atoms with E-state index in [1.165, 1.54) is 33.8 Å². The molecule has 3 aromatic rings. The van der Waals surface area contributed by atoms with E-state index in [0.717, 1.165) is 11.6 Å². The summed E-state index contributed by atoms with van der Waals surface area (Å²) in [6, 6.07) is 12.6. The first-order valence-electron chi connectivity index (χ1n) is 9.62. The van der Waals surface area contributed by atoms with Crippen LogP contribution in [0.15, 0.2) is 58.8 Å². The average molecular weight is 480 g/mol. The van der Waals surface area contributed by atoms with Crippen LogP contribution in [-0.4, -0.2) is 36.7 Å². The van der Waals surface area contributed by atoms with Gasteiger partial charge >= 0.3 is 0 Å². The van der Waals surface area contributed by atoms with Gasteiger partial charge in [0.2, 0.25) is 15.9 Å². The number of hydrogen-bond acceptors (Lipinski definition) is 5. The molecule has 6 nitrogen and oxygen atoms in total. The molecular formula is C21H19ClFN3O3S2. The second-order valence-corrected chi connectivity index (χ2v) is 10.3. The second kappa shape index (κ2) is 9.04. The SMILES string of the molecule is O=C(Nc1nc(-c2ccccc2Cl)cs1)C1CCN(S(=O)(=O)c2ccccc2F)CC1. The number of rotatable bonds is 5. The smallest absolute Gasteiger partial charge is 0.245 e. The molecule has 0 unspecified atom stereocenters. The second-order valence-electron chi connectivity index (χ2n) is 7.12. The first-order valence-corrected chi connectivity index (χ1v) is 12.3. The molecule has 2 heterocycles. The van der Waals surface area contributed by atoms with Gasteiger partial charge in [-0.3, -0.25) is 4.79 Å². The van der Waals surface area contributed by atoms with Gasteiger partial charge in [-0.1, -0.05) is 41.9 Å². The van der Waals surface area contributed by atoms with Crippen LogP contribution in [0.5, 0.6) is 0 Å². The number of carbonyl (C=O) groups is 1. The van der Waals surface area contributed by atoms with Crippen LogP contribution in [-0.2, 0) is 14.8 Å². The third kappa shape index (κ3) is 4.64. The minimum Gasteiger partial charge on any atom is -0.302 e. The molecule has 2 aromatic carbocycles. The number of nitrogens with one attached hydrogen (secondary N) is 1. The highest BCUT2D eigenvalue weighted by Gasteiger charge is 2.33. The lowest BCUT2D eigenvalue weighted by atomic mass is 9.97. The van der Waals surface area contributed by atoms with Crippen LogP contribution in [0.2, 0.25) is 5.02 Å². The summed E-state index contributed by atoms with van der Waals surface area (Å²) < 4.78 is 40.6. The van der Waals surface area contributed by atoms with E-state index in [4.69, 9.17) is 11.6 Å². The molecule has 162 valence electrons. The van der Waals surface area contributed by atoms with Gasteiger partial charge in [0, 0.05) is 35.0 Å². The Morgan fingerprint density at radius 2 is 1.81 bits per heavy atom. The van der Waals surface area contributed by atoms with E-state index < -0.39 is 15.8 Å². The van der Waals surface area contributed by atoms with Crippen molar-refractivity contribution in [3.05, 3.63) is 64.8 Å². The minimum atomic E-state index is -3.93. The summed E-state index contributed by atoms with van der Waals surface area (Å²) >= 11 is 7.50. The molecule has 1 amide bonds. The summed E-state index contributed by atoms with van der Waals surface area (Å²) in [6.45, 7) is 0.301. The zero-order chi connectivity index (χ0) is 22.0. The van der Waals surface area contributed by atoms with Crippen molar-refractivity contribution >= 4 is 44.0 Å². The fourth-order valence-electron chi connectivity index (χ4n) is 3.48. The summed E-state index contributed by atoms with van der Waals surface area (Å²) in [4.78, 5) is 16.8. The van der Waals surface area contributed by atoms with Gasteiger partial charge in [0.15, 0.2) is 5.13 Å².